The lowest BCUT2D eigenvalue weighted by Crippen LogP contribution is -2.43. The van der Waals surface area contributed by atoms with Crippen molar-refractivity contribution in [1.82, 2.24) is 14.8 Å². The Morgan fingerprint density at radius 3 is 2.25 bits per heavy atom. The van der Waals surface area contributed by atoms with E-state index in [1.807, 2.05) is 32.0 Å². The van der Waals surface area contributed by atoms with Crippen LogP contribution >= 0.6 is 24.0 Å². The summed E-state index contributed by atoms with van der Waals surface area (Å²) in [7, 11) is 7.38. The number of hydrogen-bond donors (Lipinski definition) is 0. The maximum absolute atomic E-state index is 12.2. The van der Waals surface area contributed by atoms with Crippen LogP contribution in [0.3, 0.4) is 0 Å². The molecule has 0 atom stereocenters. The van der Waals surface area contributed by atoms with E-state index in [-0.39, 0.29) is 18.4 Å². The van der Waals surface area contributed by atoms with Crippen LogP contribution in [0, 0.1) is 6.92 Å². The number of amides is 2. The Balaban J connectivity index is 0.00000361. The summed E-state index contributed by atoms with van der Waals surface area (Å²) in [5.41, 5.74) is 0.983. The van der Waals surface area contributed by atoms with Crippen molar-refractivity contribution < 1.29 is 4.79 Å². The third kappa shape index (κ3) is 5.53. The highest BCUT2D eigenvalue weighted by Crippen LogP contribution is 2.18. The second-order valence-electron chi connectivity index (χ2n) is 4.96. The van der Waals surface area contributed by atoms with Gasteiger partial charge in [0.1, 0.15) is 11.0 Å². The van der Waals surface area contributed by atoms with E-state index < -0.39 is 0 Å². The highest BCUT2D eigenvalue weighted by molar-refractivity contribution is 6.29. The fourth-order valence-corrected chi connectivity index (χ4v) is 1.85. The van der Waals surface area contributed by atoms with Crippen molar-refractivity contribution in [2.24, 2.45) is 0 Å². The maximum atomic E-state index is 12.2. The molecule has 20 heavy (non-hydrogen) atoms. The van der Waals surface area contributed by atoms with Crippen LogP contribution in [0.1, 0.15) is 5.56 Å². The quantitative estimate of drug-likeness (QED) is 0.800. The van der Waals surface area contributed by atoms with Gasteiger partial charge in [-0.1, -0.05) is 11.6 Å². The number of hydrogen-bond acceptors (Lipinski definition) is 3. The average Bonchev–Trinajstić information content (AvgIpc) is 2.27. The molecule has 0 spiro atoms. The SMILES string of the molecule is Cc1cc(Cl)nc(N(CCN(C)C)C(=O)N(C)C)c1.Cl. The summed E-state index contributed by atoms with van der Waals surface area (Å²) in [4.78, 5) is 21.7. The molecule has 0 fully saturated rings. The number of aromatic nitrogens is 1. The van der Waals surface area contributed by atoms with Crippen molar-refractivity contribution >= 4 is 35.9 Å². The number of urea groups is 1. The molecular weight excluding hydrogens is 299 g/mol. The third-order valence-corrected chi connectivity index (χ3v) is 2.78. The fraction of sp³-hybridized carbons (Fsp3) is 0.538. The highest BCUT2D eigenvalue weighted by atomic mass is 35.5. The molecule has 0 N–H and O–H groups in total. The first-order chi connectivity index (χ1) is 8.81. The molecule has 0 unspecified atom stereocenters. The van der Waals surface area contributed by atoms with Crippen LogP contribution in [0.15, 0.2) is 12.1 Å². The molecule has 2 amide bonds. The molecule has 7 heteroatoms. The van der Waals surface area contributed by atoms with Crippen LogP contribution in [0.25, 0.3) is 0 Å². The number of aryl methyl sites for hydroxylation is 1. The van der Waals surface area contributed by atoms with E-state index in [1.54, 1.807) is 25.1 Å². The smallest absolute Gasteiger partial charge is 0.325 e. The van der Waals surface area contributed by atoms with Crippen molar-refractivity contribution in [2.75, 3.05) is 46.2 Å². The summed E-state index contributed by atoms with van der Waals surface area (Å²) in [6.45, 7) is 3.25. The van der Waals surface area contributed by atoms with Gasteiger partial charge in [-0.15, -0.1) is 12.4 Å². The molecule has 1 aromatic rings. The minimum Gasteiger partial charge on any atom is -0.330 e. The Kier molecular flexibility index (Phi) is 7.86. The molecule has 0 saturated heterocycles. The lowest BCUT2D eigenvalue weighted by Gasteiger charge is -2.26. The zero-order chi connectivity index (χ0) is 14.6. The summed E-state index contributed by atoms with van der Waals surface area (Å²) in [5.74, 6) is 0.588. The van der Waals surface area contributed by atoms with Crippen molar-refractivity contribution in [3.8, 4) is 0 Å². The monoisotopic (exact) mass is 320 g/mol. The van der Waals surface area contributed by atoms with Crippen molar-refractivity contribution in [2.45, 2.75) is 6.92 Å². The second-order valence-corrected chi connectivity index (χ2v) is 5.34. The highest BCUT2D eigenvalue weighted by Gasteiger charge is 2.19. The maximum Gasteiger partial charge on any atom is 0.325 e. The van der Waals surface area contributed by atoms with Crippen LogP contribution in [-0.4, -0.2) is 62.1 Å². The molecule has 1 heterocycles. The van der Waals surface area contributed by atoms with Crippen LogP contribution in [0.2, 0.25) is 5.15 Å². The summed E-state index contributed by atoms with van der Waals surface area (Å²) in [5, 5.41) is 0.399. The number of carbonyl (C=O) groups excluding carboxylic acids is 1. The number of halogens is 2. The molecule has 0 radical (unpaired) electrons. The van der Waals surface area contributed by atoms with Gasteiger partial charge in [0, 0.05) is 27.2 Å². The van der Waals surface area contributed by atoms with Crippen LogP contribution in [-0.2, 0) is 0 Å². The van der Waals surface area contributed by atoms with Gasteiger partial charge in [-0.05, 0) is 38.7 Å². The number of pyridine rings is 1. The molecular formula is C13H22Cl2N4O. The second kappa shape index (κ2) is 8.29. The Hall–Kier alpha value is -1.04. The Bertz CT molecular complexity index is 432. The van der Waals surface area contributed by atoms with E-state index in [0.717, 1.165) is 12.1 Å². The summed E-state index contributed by atoms with van der Waals surface area (Å²) >= 11 is 5.97. The van der Waals surface area contributed by atoms with Gasteiger partial charge in [0.25, 0.3) is 0 Å². The zero-order valence-corrected chi connectivity index (χ0v) is 14.1. The van der Waals surface area contributed by atoms with Crippen molar-refractivity contribution in [3.05, 3.63) is 22.8 Å². The van der Waals surface area contributed by atoms with Crippen LogP contribution < -0.4 is 4.90 Å². The minimum absolute atomic E-state index is 0. The van der Waals surface area contributed by atoms with Gasteiger partial charge < -0.3 is 9.80 Å². The van der Waals surface area contributed by atoms with Crippen LogP contribution in [0.4, 0.5) is 10.6 Å². The molecule has 5 nitrogen and oxygen atoms in total. The first-order valence-corrected chi connectivity index (χ1v) is 6.47. The van der Waals surface area contributed by atoms with Gasteiger partial charge in [-0.2, -0.15) is 0 Å². The third-order valence-electron chi connectivity index (χ3n) is 2.59. The lowest BCUT2D eigenvalue weighted by molar-refractivity contribution is 0.222. The lowest BCUT2D eigenvalue weighted by atomic mass is 10.3. The molecule has 0 bridgehead atoms. The van der Waals surface area contributed by atoms with Gasteiger partial charge in [-0.25, -0.2) is 9.78 Å². The van der Waals surface area contributed by atoms with Crippen molar-refractivity contribution in [1.29, 1.82) is 0 Å². The number of carbonyl (C=O) groups is 1. The Labute approximate surface area is 131 Å². The molecule has 1 aromatic heterocycles. The molecule has 0 aliphatic heterocycles. The molecule has 0 aliphatic carbocycles. The predicted molar refractivity (Wildman–Crippen MR) is 86.2 cm³/mol. The number of rotatable bonds is 4. The number of nitrogens with zero attached hydrogens (tertiary/aromatic N) is 4. The predicted octanol–water partition coefficient (Wildman–Crippen LogP) is 2.51. The van der Waals surface area contributed by atoms with Crippen molar-refractivity contribution in [3.63, 3.8) is 0 Å². The molecule has 0 aromatic carbocycles. The van der Waals surface area contributed by atoms with E-state index in [0.29, 0.717) is 17.5 Å². The normalized spacial score (nSPS) is 10.2. The number of likely N-dealkylation sites (N-methyl/N-ethyl adjacent to an activating group) is 1. The van der Waals surface area contributed by atoms with Gasteiger partial charge in [0.05, 0.1) is 0 Å². The van der Waals surface area contributed by atoms with E-state index in [9.17, 15) is 4.79 Å². The topological polar surface area (TPSA) is 39.7 Å². The number of anilines is 1. The van der Waals surface area contributed by atoms with Gasteiger partial charge in [0.15, 0.2) is 0 Å². The molecule has 0 saturated carbocycles. The largest absolute Gasteiger partial charge is 0.330 e. The van der Waals surface area contributed by atoms with Gasteiger partial charge in [-0.3, -0.25) is 4.90 Å². The molecule has 1 rings (SSSR count). The summed E-state index contributed by atoms with van der Waals surface area (Å²) in [6, 6.07) is 3.54. The van der Waals surface area contributed by atoms with E-state index in [2.05, 4.69) is 4.98 Å². The van der Waals surface area contributed by atoms with E-state index >= 15 is 0 Å². The van der Waals surface area contributed by atoms with E-state index in [4.69, 9.17) is 11.6 Å². The van der Waals surface area contributed by atoms with Gasteiger partial charge >= 0.3 is 6.03 Å². The average molecular weight is 321 g/mol. The minimum atomic E-state index is -0.101. The first-order valence-electron chi connectivity index (χ1n) is 6.09. The molecule has 0 aliphatic rings. The summed E-state index contributed by atoms with van der Waals surface area (Å²) in [6.07, 6.45) is 0. The van der Waals surface area contributed by atoms with Crippen LogP contribution in [0.5, 0.6) is 0 Å². The standard InChI is InChI=1S/C13H21ClN4O.ClH/c1-10-8-11(14)15-12(9-10)18(7-6-16(2)3)13(19)17(4)5;/h8-9H,6-7H2,1-5H3;1H. The van der Waals surface area contributed by atoms with E-state index in [1.165, 1.54) is 4.90 Å². The fourth-order valence-electron chi connectivity index (χ4n) is 1.60. The Morgan fingerprint density at radius 1 is 1.20 bits per heavy atom. The summed E-state index contributed by atoms with van der Waals surface area (Å²) < 4.78 is 0. The van der Waals surface area contributed by atoms with Gasteiger partial charge in [0.2, 0.25) is 0 Å². The Morgan fingerprint density at radius 2 is 1.80 bits per heavy atom. The molecule has 114 valence electrons. The zero-order valence-electron chi connectivity index (χ0n) is 12.6. The first kappa shape index (κ1) is 19.0.